The molecule has 0 fully saturated rings. The fraction of sp³-hybridized carbons (Fsp3) is 0.357. The van der Waals surface area contributed by atoms with E-state index in [1.807, 2.05) is 50.0 Å². The molecule has 0 bridgehead atoms. The molecule has 1 aromatic carbocycles. The molecule has 4 nitrogen and oxygen atoms in total. The zero-order chi connectivity index (χ0) is 14.0. The molecule has 2 N–H and O–H groups in total. The molecule has 0 aliphatic carbocycles. The number of aryl methyl sites for hydroxylation is 1. The molecule has 1 atom stereocenters. The van der Waals surface area contributed by atoms with Gasteiger partial charge in [0.1, 0.15) is 0 Å². The van der Waals surface area contributed by atoms with Gasteiger partial charge in [0.2, 0.25) is 0 Å². The molecule has 0 aliphatic heterocycles. The van der Waals surface area contributed by atoms with E-state index in [1.54, 1.807) is 0 Å². The van der Waals surface area contributed by atoms with Crippen LogP contribution in [0.15, 0.2) is 36.5 Å². The van der Waals surface area contributed by atoms with Gasteiger partial charge < -0.3 is 4.55 Å². The van der Waals surface area contributed by atoms with E-state index >= 15 is 0 Å². The number of allylic oxidation sites excluding steroid dienone is 1. The SMILES string of the molecule is Cn1cc2cc(CC=CC(C)(C)[S@@+](N)[O-])ccc2n1. The Morgan fingerprint density at radius 2 is 2.21 bits per heavy atom. The Morgan fingerprint density at radius 3 is 2.89 bits per heavy atom. The van der Waals surface area contributed by atoms with Gasteiger partial charge in [-0.25, -0.2) is 0 Å². The van der Waals surface area contributed by atoms with Gasteiger partial charge in [-0.05, 0) is 44.0 Å². The molecule has 0 spiro atoms. The summed E-state index contributed by atoms with van der Waals surface area (Å²) >= 11 is -1.35. The van der Waals surface area contributed by atoms with Crippen LogP contribution in [0.25, 0.3) is 10.9 Å². The number of aromatic nitrogens is 2. The normalized spacial score (nSPS) is 14.4. The van der Waals surface area contributed by atoms with E-state index in [9.17, 15) is 4.55 Å². The van der Waals surface area contributed by atoms with E-state index in [0.717, 1.165) is 17.3 Å². The molecule has 2 rings (SSSR count). The van der Waals surface area contributed by atoms with Crippen molar-refractivity contribution < 1.29 is 4.55 Å². The summed E-state index contributed by atoms with van der Waals surface area (Å²) in [6, 6.07) is 6.20. The summed E-state index contributed by atoms with van der Waals surface area (Å²) in [5, 5.41) is 10.9. The maximum atomic E-state index is 11.3. The lowest BCUT2D eigenvalue weighted by Crippen LogP contribution is -2.35. The molecular formula is C14H19N3OS. The number of fused-ring (bicyclic) bond motifs is 1. The predicted octanol–water partition coefficient (Wildman–Crippen LogP) is 2.07. The maximum absolute atomic E-state index is 11.3. The first-order valence-electron chi connectivity index (χ1n) is 6.15. The highest BCUT2D eigenvalue weighted by molar-refractivity contribution is 7.90. The number of benzene rings is 1. The number of hydrogen-bond donors (Lipinski definition) is 1. The number of nitrogens with zero attached hydrogens (tertiary/aromatic N) is 2. The Morgan fingerprint density at radius 1 is 1.47 bits per heavy atom. The molecule has 0 radical (unpaired) electrons. The van der Waals surface area contributed by atoms with Crippen molar-refractivity contribution in [3.63, 3.8) is 0 Å². The third-order valence-electron chi connectivity index (χ3n) is 3.07. The minimum atomic E-state index is -1.35. The van der Waals surface area contributed by atoms with Gasteiger partial charge in [-0.15, -0.1) is 0 Å². The summed E-state index contributed by atoms with van der Waals surface area (Å²) in [6.45, 7) is 3.73. The zero-order valence-corrected chi connectivity index (χ0v) is 12.3. The van der Waals surface area contributed by atoms with Gasteiger partial charge in [0.05, 0.1) is 5.52 Å². The lowest BCUT2D eigenvalue weighted by molar-refractivity contribution is 0.573. The zero-order valence-electron chi connectivity index (χ0n) is 11.5. The molecule has 0 saturated carbocycles. The van der Waals surface area contributed by atoms with Crippen molar-refractivity contribution in [2.24, 2.45) is 12.2 Å². The summed E-state index contributed by atoms with van der Waals surface area (Å²) in [6.07, 6.45) is 6.73. The number of hydrogen-bond acceptors (Lipinski definition) is 3. The van der Waals surface area contributed by atoms with Crippen LogP contribution in [0.5, 0.6) is 0 Å². The van der Waals surface area contributed by atoms with Crippen LogP contribution in [-0.4, -0.2) is 19.1 Å². The highest BCUT2D eigenvalue weighted by atomic mass is 32.2. The van der Waals surface area contributed by atoms with Crippen molar-refractivity contribution in [2.45, 2.75) is 25.0 Å². The van der Waals surface area contributed by atoms with E-state index in [0.29, 0.717) is 0 Å². The Bertz CT molecular complexity index is 602. The summed E-state index contributed by atoms with van der Waals surface area (Å²) < 4.78 is 12.6. The molecule has 0 aliphatic rings. The molecule has 19 heavy (non-hydrogen) atoms. The van der Waals surface area contributed by atoms with Crippen molar-refractivity contribution in [2.75, 3.05) is 0 Å². The van der Waals surface area contributed by atoms with Crippen LogP contribution >= 0.6 is 0 Å². The summed E-state index contributed by atoms with van der Waals surface area (Å²) in [7, 11) is 1.92. The Labute approximate surface area is 116 Å². The molecule has 0 amide bonds. The van der Waals surface area contributed by atoms with E-state index in [2.05, 4.69) is 17.2 Å². The summed E-state index contributed by atoms with van der Waals surface area (Å²) in [5.74, 6) is 0. The Kier molecular flexibility index (Phi) is 3.99. The maximum Gasteiger partial charge on any atom is 0.157 e. The molecule has 0 saturated heterocycles. The first-order chi connectivity index (χ1) is 8.88. The molecule has 2 aromatic rings. The average Bonchev–Trinajstić information content (AvgIpc) is 2.68. The first-order valence-corrected chi connectivity index (χ1v) is 7.36. The van der Waals surface area contributed by atoms with Crippen LogP contribution in [0.1, 0.15) is 19.4 Å². The van der Waals surface area contributed by atoms with Crippen LogP contribution in [0.3, 0.4) is 0 Å². The molecule has 1 heterocycles. The molecule has 5 heteroatoms. The average molecular weight is 277 g/mol. The van der Waals surface area contributed by atoms with Gasteiger partial charge >= 0.3 is 0 Å². The minimum absolute atomic E-state index is 0.488. The first kappa shape index (κ1) is 14.1. The van der Waals surface area contributed by atoms with Gasteiger partial charge in [-0.2, -0.15) is 10.2 Å². The van der Waals surface area contributed by atoms with E-state index < -0.39 is 16.1 Å². The van der Waals surface area contributed by atoms with Gasteiger partial charge in [0, 0.05) is 30.0 Å². The molecule has 0 unspecified atom stereocenters. The minimum Gasteiger partial charge on any atom is -0.598 e. The van der Waals surface area contributed by atoms with Crippen LogP contribution in [0, 0.1) is 0 Å². The molecular weight excluding hydrogens is 258 g/mol. The van der Waals surface area contributed by atoms with E-state index in [1.165, 1.54) is 5.56 Å². The Balaban J connectivity index is 2.11. The van der Waals surface area contributed by atoms with Gasteiger partial charge in [0.15, 0.2) is 4.75 Å². The lowest BCUT2D eigenvalue weighted by Gasteiger charge is -2.20. The predicted molar refractivity (Wildman–Crippen MR) is 80.0 cm³/mol. The van der Waals surface area contributed by atoms with Crippen LogP contribution in [0.4, 0.5) is 0 Å². The highest BCUT2D eigenvalue weighted by Gasteiger charge is 2.25. The quantitative estimate of drug-likeness (QED) is 0.687. The standard InChI is InChI=1S/C14H19N3OS/c1-14(2,19(15)18)8-4-5-11-6-7-13-12(9-11)10-17(3)16-13/h4,6-10H,5,15H2,1-3H3/t19-/m0/s1. The molecule has 1 aromatic heterocycles. The fourth-order valence-electron chi connectivity index (χ4n) is 1.87. The van der Waals surface area contributed by atoms with Crippen molar-refractivity contribution in [1.82, 2.24) is 9.78 Å². The lowest BCUT2D eigenvalue weighted by atomic mass is 10.1. The van der Waals surface area contributed by atoms with Crippen molar-refractivity contribution in [3.05, 3.63) is 42.1 Å². The van der Waals surface area contributed by atoms with Gasteiger partial charge in [-0.1, -0.05) is 12.1 Å². The van der Waals surface area contributed by atoms with Gasteiger partial charge in [0.25, 0.3) is 0 Å². The fourth-order valence-corrected chi connectivity index (χ4v) is 2.10. The van der Waals surface area contributed by atoms with Crippen LogP contribution in [0.2, 0.25) is 0 Å². The smallest absolute Gasteiger partial charge is 0.157 e. The monoisotopic (exact) mass is 277 g/mol. The van der Waals surface area contributed by atoms with Gasteiger partial charge in [-0.3, -0.25) is 4.68 Å². The number of nitrogens with two attached hydrogens (primary N) is 1. The second-order valence-electron chi connectivity index (χ2n) is 5.20. The van der Waals surface area contributed by atoms with Crippen molar-refractivity contribution in [1.29, 1.82) is 0 Å². The Hall–Kier alpha value is -1.30. The number of rotatable bonds is 4. The van der Waals surface area contributed by atoms with Crippen LogP contribution in [-0.2, 0) is 24.8 Å². The summed E-state index contributed by atoms with van der Waals surface area (Å²) in [4.78, 5) is 0. The topological polar surface area (TPSA) is 66.9 Å². The molecule has 102 valence electrons. The largest absolute Gasteiger partial charge is 0.598 e. The van der Waals surface area contributed by atoms with Crippen molar-refractivity contribution >= 4 is 22.3 Å². The third kappa shape index (κ3) is 3.37. The van der Waals surface area contributed by atoms with E-state index in [4.69, 9.17) is 5.14 Å². The summed E-state index contributed by atoms with van der Waals surface area (Å²) in [5.41, 5.74) is 2.20. The second-order valence-corrected chi connectivity index (χ2v) is 6.85. The highest BCUT2D eigenvalue weighted by Crippen LogP contribution is 2.17. The van der Waals surface area contributed by atoms with E-state index in [-0.39, 0.29) is 0 Å². The van der Waals surface area contributed by atoms with Crippen molar-refractivity contribution in [3.8, 4) is 0 Å². The third-order valence-corrected chi connectivity index (χ3v) is 4.25. The van der Waals surface area contributed by atoms with Crippen LogP contribution < -0.4 is 5.14 Å². The second kappa shape index (κ2) is 5.36.